The minimum atomic E-state index is -0.0478. The second kappa shape index (κ2) is 3.13. The summed E-state index contributed by atoms with van der Waals surface area (Å²) in [6.07, 6.45) is 2.52. The first-order chi connectivity index (χ1) is 8.66. The molecule has 92 valence electrons. The highest BCUT2D eigenvalue weighted by molar-refractivity contribution is 6.09. The number of benzene rings is 1. The molecule has 3 aliphatic rings. The van der Waals surface area contributed by atoms with Crippen LogP contribution in [0.15, 0.2) is 18.2 Å². The fraction of sp³-hybridized carbons (Fsp3) is 0.429. The molecule has 2 N–H and O–H groups in total. The average Bonchev–Trinajstić information content (AvgIpc) is 2.99. The lowest BCUT2D eigenvalue weighted by atomic mass is 10.1. The van der Waals surface area contributed by atoms with Gasteiger partial charge in [-0.1, -0.05) is 6.07 Å². The van der Waals surface area contributed by atoms with Gasteiger partial charge in [0.05, 0.1) is 17.9 Å². The van der Waals surface area contributed by atoms with Crippen molar-refractivity contribution in [2.45, 2.75) is 25.3 Å². The topological polar surface area (TPSA) is 63.4 Å². The third kappa shape index (κ3) is 1.15. The molecular weight excluding hydrogens is 228 g/mol. The summed E-state index contributed by atoms with van der Waals surface area (Å²) in [7, 11) is 0. The number of likely N-dealkylation sites (tertiary alicyclic amines) is 1. The lowest BCUT2D eigenvalue weighted by molar-refractivity contribution is -0.144. The molecule has 0 bridgehead atoms. The van der Waals surface area contributed by atoms with E-state index in [4.69, 9.17) is 5.73 Å². The average molecular weight is 242 g/mol. The van der Waals surface area contributed by atoms with Crippen LogP contribution in [0.25, 0.3) is 0 Å². The number of hydrogen-bond donors (Lipinski definition) is 1. The number of amides is 2. The van der Waals surface area contributed by atoms with Crippen LogP contribution in [0, 0.1) is 11.8 Å². The maximum Gasteiger partial charge on any atom is 0.233 e. The van der Waals surface area contributed by atoms with Crippen molar-refractivity contribution in [1.82, 2.24) is 4.90 Å². The van der Waals surface area contributed by atoms with E-state index in [0.29, 0.717) is 0 Å². The van der Waals surface area contributed by atoms with Gasteiger partial charge in [-0.25, -0.2) is 0 Å². The van der Waals surface area contributed by atoms with E-state index < -0.39 is 0 Å². The van der Waals surface area contributed by atoms with Gasteiger partial charge < -0.3 is 5.73 Å². The van der Waals surface area contributed by atoms with Gasteiger partial charge in [0.2, 0.25) is 11.8 Å². The maximum atomic E-state index is 12.1. The number of anilines is 1. The van der Waals surface area contributed by atoms with Gasteiger partial charge >= 0.3 is 0 Å². The maximum absolute atomic E-state index is 12.1. The van der Waals surface area contributed by atoms with E-state index in [2.05, 4.69) is 0 Å². The molecule has 1 aromatic carbocycles. The van der Waals surface area contributed by atoms with Crippen molar-refractivity contribution >= 4 is 17.5 Å². The highest BCUT2D eigenvalue weighted by Crippen LogP contribution is 2.51. The molecule has 1 heterocycles. The number of carbonyl (C=O) groups is 2. The van der Waals surface area contributed by atoms with E-state index >= 15 is 0 Å². The Morgan fingerprint density at radius 3 is 2.61 bits per heavy atom. The standard InChI is InChI=1S/C14H14N2O2/c15-8-2-3-9-7(5-8)1-4-12(9)16-13(17)10-6-11(10)14(16)18/h2-3,5,10-12H,1,4,6,15H2. The first kappa shape index (κ1) is 10.1. The number of fused-ring (bicyclic) bond motifs is 2. The molecule has 18 heavy (non-hydrogen) atoms. The molecule has 1 aromatic rings. The Kier molecular flexibility index (Phi) is 1.76. The summed E-state index contributed by atoms with van der Waals surface area (Å²) < 4.78 is 0. The third-order valence-corrected chi connectivity index (χ3v) is 4.42. The zero-order chi connectivity index (χ0) is 12.4. The van der Waals surface area contributed by atoms with Crippen LogP contribution in [-0.4, -0.2) is 16.7 Å². The zero-order valence-electron chi connectivity index (χ0n) is 9.93. The Hall–Kier alpha value is -1.84. The van der Waals surface area contributed by atoms with E-state index in [0.717, 1.165) is 30.5 Å². The number of aryl methyl sites for hydroxylation is 1. The van der Waals surface area contributed by atoms with E-state index in [1.54, 1.807) is 0 Å². The molecule has 1 saturated carbocycles. The van der Waals surface area contributed by atoms with Crippen LogP contribution < -0.4 is 5.73 Å². The molecular formula is C14H14N2O2. The smallest absolute Gasteiger partial charge is 0.233 e. The summed E-state index contributed by atoms with van der Waals surface area (Å²) in [5, 5.41) is 0. The predicted octanol–water partition coefficient (Wildman–Crippen LogP) is 1.26. The molecule has 1 saturated heterocycles. The molecule has 3 atom stereocenters. The Morgan fingerprint density at radius 1 is 1.17 bits per heavy atom. The fourth-order valence-corrected chi connectivity index (χ4v) is 3.40. The van der Waals surface area contributed by atoms with Crippen LogP contribution in [0.1, 0.15) is 30.0 Å². The van der Waals surface area contributed by atoms with Gasteiger partial charge in [0, 0.05) is 5.69 Å². The van der Waals surface area contributed by atoms with Gasteiger partial charge in [0.25, 0.3) is 0 Å². The largest absolute Gasteiger partial charge is 0.399 e. The first-order valence-electron chi connectivity index (χ1n) is 6.42. The summed E-state index contributed by atoms with van der Waals surface area (Å²) in [4.78, 5) is 25.7. The SMILES string of the molecule is Nc1ccc2c(c1)CCC2N1C(=O)C2CC2C1=O. The van der Waals surface area contributed by atoms with Crippen molar-refractivity contribution in [2.75, 3.05) is 5.73 Å². The highest BCUT2D eigenvalue weighted by Gasteiger charge is 2.60. The summed E-state index contributed by atoms with van der Waals surface area (Å²) in [6.45, 7) is 0. The third-order valence-electron chi connectivity index (χ3n) is 4.42. The fourth-order valence-electron chi connectivity index (χ4n) is 3.40. The molecule has 0 radical (unpaired) electrons. The molecule has 3 unspecified atom stereocenters. The highest BCUT2D eigenvalue weighted by atomic mass is 16.2. The molecule has 2 amide bonds. The minimum absolute atomic E-state index is 0.00432. The second-order valence-corrected chi connectivity index (χ2v) is 5.51. The van der Waals surface area contributed by atoms with Gasteiger partial charge in [0.1, 0.15) is 0 Å². The van der Waals surface area contributed by atoms with Crippen LogP contribution in [0.4, 0.5) is 5.69 Å². The Bertz CT molecular complexity index is 561. The molecule has 4 nitrogen and oxygen atoms in total. The molecule has 0 spiro atoms. The molecule has 2 fully saturated rings. The number of rotatable bonds is 1. The number of imide groups is 1. The van der Waals surface area contributed by atoms with Crippen molar-refractivity contribution in [3.63, 3.8) is 0 Å². The number of nitrogen functional groups attached to an aromatic ring is 1. The van der Waals surface area contributed by atoms with Gasteiger partial charge in [-0.3, -0.25) is 14.5 Å². The molecule has 0 aromatic heterocycles. The van der Waals surface area contributed by atoms with Crippen LogP contribution >= 0.6 is 0 Å². The second-order valence-electron chi connectivity index (χ2n) is 5.51. The number of hydrogen-bond acceptors (Lipinski definition) is 3. The summed E-state index contributed by atoms with van der Waals surface area (Å²) >= 11 is 0. The minimum Gasteiger partial charge on any atom is -0.399 e. The van der Waals surface area contributed by atoms with Crippen molar-refractivity contribution < 1.29 is 9.59 Å². The molecule has 4 rings (SSSR count). The van der Waals surface area contributed by atoms with Gasteiger partial charge in [0.15, 0.2) is 0 Å². The molecule has 2 aliphatic carbocycles. The van der Waals surface area contributed by atoms with E-state index in [-0.39, 0.29) is 29.7 Å². The Morgan fingerprint density at radius 2 is 1.89 bits per heavy atom. The van der Waals surface area contributed by atoms with Crippen LogP contribution in [0.3, 0.4) is 0 Å². The lowest BCUT2D eigenvalue weighted by Gasteiger charge is -2.24. The number of nitrogens with two attached hydrogens (primary N) is 1. The zero-order valence-corrected chi connectivity index (χ0v) is 9.93. The van der Waals surface area contributed by atoms with Crippen LogP contribution in [0.5, 0.6) is 0 Å². The van der Waals surface area contributed by atoms with Crippen molar-refractivity contribution in [2.24, 2.45) is 11.8 Å². The van der Waals surface area contributed by atoms with Gasteiger partial charge in [-0.05, 0) is 42.5 Å². The molecule has 1 aliphatic heterocycles. The normalized spacial score (nSPS) is 32.7. The predicted molar refractivity (Wildman–Crippen MR) is 65.4 cm³/mol. The number of nitrogens with zero attached hydrogens (tertiary/aromatic N) is 1. The Balaban J connectivity index is 1.73. The van der Waals surface area contributed by atoms with E-state index in [9.17, 15) is 9.59 Å². The lowest BCUT2D eigenvalue weighted by Crippen LogP contribution is -2.35. The molecule has 4 heteroatoms. The van der Waals surface area contributed by atoms with Crippen LogP contribution in [-0.2, 0) is 16.0 Å². The summed E-state index contributed by atoms with van der Waals surface area (Å²) in [5.41, 5.74) is 8.80. The van der Waals surface area contributed by atoms with Crippen LogP contribution in [0.2, 0.25) is 0 Å². The number of carbonyl (C=O) groups excluding carboxylic acids is 2. The first-order valence-corrected chi connectivity index (χ1v) is 6.42. The van der Waals surface area contributed by atoms with Gasteiger partial charge in [-0.15, -0.1) is 0 Å². The van der Waals surface area contributed by atoms with Crippen molar-refractivity contribution in [3.05, 3.63) is 29.3 Å². The van der Waals surface area contributed by atoms with E-state index in [1.807, 2.05) is 18.2 Å². The van der Waals surface area contributed by atoms with Crippen molar-refractivity contribution in [1.29, 1.82) is 0 Å². The van der Waals surface area contributed by atoms with Crippen molar-refractivity contribution in [3.8, 4) is 0 Å². The quantitative estimate of drug-likeness (QED) is 0.595. The van der Waals surface area contributed by atoms with E-state index in [1.165, 1.54) is 10.5 Å². The van der Waals surface area contributed by atoms with Gasteiger partial charge in [-0.2, -0.15) is 0 Å². The summed E-state index contributed by atoms with van der Waals surface area (Å²) in [6, 6.07) is 5.73. The summed E-state index contributed by atoms with van der Waals surface area (Å²) in [5.74, 6) is 0.0741. The number of piperidine rings is 1. The monoisotopic (exact) mass is 242 g/mol. The Labute approximate surface area is 105 Å².